The molecule has 0 bridgehead atoms. The van der Waals surface area contributed by atoms with Crippen LogP contribution in [0.15, 0.2) is 36.5 Å². The number of nitrogens with one attached hydrogen (secondary N) is 1. The number of aromatic nitrogens is 1. The lowest BCUT2D eigenvalue weighted by Crippen LogP contribution is -2.30. The third-order valence-electron chi connectivity index (χ3n) is 3.71. The zero-order chi connectivity index (χ0) is 19.3. The summed E-state index contributed by atoms with van der Waals surface area (Å²) in [5.41, 5.74) is 1.18. The highest BCUT2D eigenvalue weighted by atomic mass is 16.5. The Morgan fingerprint density at radius 2 is 1.85 bits per heavy atom. The Balaban J connectivity index is 1.97. The second-order valence-electron chi connectivity index (χ2n) is 5.78. The van der Waals surface area contributed by atoms with Crippen molar-refractivity contribution in [3.63, 3.8) is 0 Å². The number of aryl methyl sites for hydroxylation is 1. The number of carbonyl (C=O) groups excluding carboxylic acids is 3. The van der Waals surface area contributed by atoms with Crippen molar-refractivity contribution < 1.29 is 23.9 Å². The molecule has 0 saturated carbocycles. The van der Waals surface area contributed by atoms with E-state index in [0.717, 1.165) is 0 Å². The predicted octanol–water partition coefficient (Wildman–Crippen LogP) is 2.81. The molecule has 1 aromatic heterocycles. The second-order valence-corrected chi connectivity index (χ2v) is 5.78. The average Bonchev–Trinajstić information content (AvgIpc) is 2.99. The highest BCUT2D eigenvalue weighted by Gasteiger charge is 2.22. The quantitative estimate of drug-likeness (QED) is 0.607. The first kappa shape index (κ1) is 19.2. The molecule has 0 aliphatic heterocycles. The molecule has 1 N–H and O–H groups in total. The van der Waals surface area contributed by atoms with Gasteiger partial charge in [0.05, 0.1) is 6.61 Å². The fourth-order valence-corrected chi connectivity index (χ4v) is 2.28. The van der Waals surface area contributed by atoms with Crippen LogP contribution in [0.25, 0.3) is 0 Å². The van der Waals surface area contributed by atoms with E-state index in [0.29, 0.717) is 23.6 Å². The van der Waals surface area contributed by atoms with E-state index in [1.54, 1.807) is 37.5 Å². The molecular weight excluding hydrogens is 336 g/mol. The van der Waals surface area contributed by atoms with Gasteiger partial charge in [0.2, 0.25) is 0 Å². The number of ether oxygens (including phenoxy) is 2. The van der Waals surface area contributed by atoms with Crippen LogP contribution >= 0.6 is 0 Å². The minimum Gasteiger partial charge on any atom is -0.494 e. The summed E-state index contributed by atoms with van der Waals surface area (Å²) in [6.07, 6.45) is 0.550. The first-order chi connectivity index (χ1) is 12.3. The lowest BCUT2D eigenvalue weighted by Gasteiger charge is -2.14. The minimum absolute atomic E-state index is 0.152. The number of hydrogen-bond acceptors (Lipinski definition) is 5. The maximum Gasteiger partial charge on any atom is 0.355 e. The highest BCUT2D eigenvalue weighted by molar-refractivity contribution is 5.99. The molecule has 0 aliphatic carbocycles. The van der Waals surface area contributed by atoms with Crippen LogP contribution in [-0.4, -0.2) is 34.9 Å². The van der Waals surface area contributed by atoms with Gasteiger partial charge in [-0.3, -0.25) is 9.59 Å². The van der Waals surface area contributed by atoms with Crippen molar-refractivity contribution in [3.05, 3.63) is 47.8 Å². The van der Waals surface area contributed by atoms with Gasteiger partial charge in [0.15, 0.2) is 11.9 Å². The van der Waals surface area contributed by atoms with E-state index in [4.69, 9.17) is 9.47 Å². The van der Waals surface area contributed by atoms with Gasteiger partial charge in [0, 0.05) is 24.5 Å². The van der Waals surface area contributed by atoms with E-state index in [1.807, 2.05) is 6.92 Å². The summed E-state index contributed by atoms with van der Waals surface area (Å²) in [5, 5.41) is 2.67. The van der Waals surface area contributed by atoms with Crippen LogP contribution in [0.5, 0.6) is 5.75 Å². The Kier molecular flexibility index (Phi) is 6.16. The van der Waals surface area contributed by atoms with Crippen LogP contribution in [0, 0.1) is 0 Å². The maximum absolute atomic E-state index is 12.2. The Hall–Kier alpha value is -3.09. The molecule has 1 heterocycles. The third kappa shape index (κ3) is 4.72. The molecule has 0 fully saturated rings. The number of carbonyl (C=O) groups is 3. The number of hydrogen-bond donors (Lipinski definition) is 1. The number of esters is 1. The summed E-state index contributed by atoms with van der Waals surface area (Å²) in [7, 11) is 1.63. The first-order valence-electron chi connectivity index (χ1n) is 8.23. The molecule has 1 aromatic carbocycles. The summed E-state index contributed by atoms with van der Waals surface area (Å²) in [4.78, 5) is 35.8. The number of ketones is 1. The molecule has 0 spiro atoms. The lowest BCUT2D eigenvalue weighted by atomic mass is 10.2. The van der Waals surface area contributed by atoms with Crippen LogP contribution in [-0.2, 0) is 16.6 Å². The number of benzene rings is 1. The Labute approximate surface area is 151 Å². The molecule has 1 amide bonds. The van der Waals surface area contributed by atoms with Crippen molar-refractivity contribution in [3.8, 4) is 5.75 Å². The van der Waals surface area contributed by atoms with Crippen LogP contribution in [0.3, 0.4) is 0 Å². The van der Waals surface area contributed by atoms with Gasteiger partial charge in [0.25, 0.3) is 5.91 Å². The summed E-state index contributed by atoms with van der Waals surface area (Å²) in [6.45, 7) is 5.34. The van der Waals surface area contributed by atoms with Crippen molar-refractivity contribution in [1.29, 1.82) is 0 Å². The first-order valence-corrected chi connectivity index (χ1v) is 8.23. The molecule has 7 nitrogen and oxygen atoms in total. The van der Waals surface area contributed by atoms with Gasteiger partial charge in [-0.2, -0.15) is 0 Å². The molecule has 26 heavy (non-hydrogen) atoms. The lowest BCUT2D eigenvalue weighted by molar-refractivity contribution is -0.123. The van der Waals surface area contributed by atoms with E-state index >= 15 is 0 Å². The van der Waals surface area contributed by atoms with Crippen molar-refractivity contribution in [2.45, 2.75) is 26.9 Å². The molecule has 0 unspecified atom stereocenters. The van der Waals surface area contributed by atoms with E-state index in [9.17, 15) is 14.4 Å². The minimum atomic E-state index is -0.996. The zero-order valence-electron chi connectivity index (χ0n) is 15.2. The third-order valence-corrected chi connectivity index (χ3v) is 3.71. The number of rotatable bonds is 7. The monoisotopic (exact) mass is 358 g/mol. The Bertz CT molecular complexity index is 808. The summed E-state index contributed by atoms with van der Waals surface area (Å²) in [6, 6.07) is 8.33. The second kappa shape index (κ2) is 8.33. The molecule has 2 aromatic rings. The van der Waals surface area contributed by atoms with E-state index in [1.165, 1.54) is 24.5 Å². The highest BCUT2D eigenvalue weighted by Crippen LogP contribution is 2.16. The van der Waals surface area contributed by atoms with Crippen LogP contribution in [0.4, 0.5) is 5.69 Å². The summed E-state index contributed by atoms with van der Waals surface area (Å²) >= 11 is 0. The van der Waals surface area contributed by atoms with Gasteiger partial charge in [-0.25, -0.2) is 4.79 Å². The molecule has 0 radical (unpaired) electrons. The zero-order valence-corrected chi connectivity index (χ0v) is 15.2. The smallest absolute Gasteiger partial charge is 0.355 e. The average molecular weight is 358 g/mol. The standard InChI is InChI=1S/C19H22N2O5/c1-5-25-16-8-6-15(7-9-16)20-18(23)13(3)26-19(24)17-10-14(12(2)22)11-21(17)4/h6-11,13H,5H2,1-4H3,(H,20,23)/t13-/m1/s1. The van der Waals surface area contributed by atoms with E-state index < -0.39 is 18.0 Å². The summed E-state index contributed by atoms with van der Waals surface area (Å²) in [5.74, 6) is -0.575. The normalized spacial score (nSPS) is 11.5. The topological polar surface area (TPSA) is 86.6 Å². The molecule has 2 rings (SSSR count). The van der Waals surface area contributed by atoms with Gasteiger partial charge in [-0.1, -0.05) is 0 Å². The van der Waals surface area contributed by atoms with Gasteiger partial charge < -0.3 is 19.4 Å². The molecule has 1 atom stereocenters. The Morgan fingerprint density at radius 3 is 2.38 bits per heavy atom. The van der Waals surface area contributed by atoms with Crippen LogP contribution < -0.4 is 10.1 Å². The van der Waals surface area contributed by atoms with Crippen molar-refractivity contribution in [1.82, 2.24) is 4.57 Å². The summed E-state index contributed by atoms with van der Waals surface area (Å²) < 4.78 is 12.0. The SMILES string of the molecule is CCOc1ccc(NC(=O)[C@@H](C)OC(=O)c2cc(C(C)=O)cn2C)cc1. The van der Waals surface area contributed by atoms with Gasteiger partial charge in [-0.05, 0) is 51.1 Å². The molecule has 0 aliphatic rings. The molecular formula is C19H22N2O5. The fraction of sp³-hybridized carbons (Fsp3) is 0.316. The number of Topliss-reactive ketones (excluding diaryl/α,β-unsaturated/α-hetero) is 1. The van der Waals surface area contributed by atoms with Gasteiger partial charge in [-0.15, -0.1) is 0 Å². The Morgan fingerprint density at radius 1 is 1.19 bits per heavy atom. The number of amides is 1. The van der Waals surface area contributed by atoms with E-state index in [2.05, 4.69) is 5.32 Å². The van der Waals surface area contributed by atoms with Gasteiger partial charge in [0.1, 0.15) is 11.4 Å². The van der Waals surface area contributed by atoms with Crippen molar-refractivity contribution in [2.24, 2.45) is 7.05 Å². The van der Waals surface area contributed by atoms with E-state index in [-0.39, 0.29) is 11.5 Å². The number of nitrogens with zero attached hydrogens (tertiary/aromatic N) is 1. The molecule has 138 valence electrons. The predicted molar refractivity (Wildman–Crippen MR) is 96.5 cm³/mol. The molecule has 0 saturated heterocycles. The largest absolute Gasteiger partial charge is 0.494 e. The van der Waals surface area contributed by atoms with Crippen molar-refractivity contribution in [2.75, 3.05) is 11.9 Å². The molecule has 7 heteroatoms. The van der Waals surface area contributed by atoms with Crippen LogP contribution in [0.1, 0.15) is 41.6 Å². The van der Waals surface area contributed by atoms with Crippen LogP contribution in [0.2, 0.25) is 0 Å². The fourth-order valence-electron chi connectivity index (χ4n) is 2.28. The van der Waals surface area contributed by atoms with Gasteiger partial charge >= 0.3 is 5.97 Å². The number of anilines is 1. The maximum atomic E-state index is 12.2. The van der Waals surface area contributed by atoms with Crippen molar-refractivity contribution >= 4 is 23.3 Å².